The maximum atomic E-state index is 13.0. The predicted molar refractivity (Wildman–Crippen MR) is 115 cm³/mol. The van der Waals surface area contributed by atoms with Crippen LogP contribution in [0.2, 0.25) is 5.02 Å². The quantitative estimate of drug-likeness (QED) is 0.609. The average Bonchev–Trinajstić information content (AvgIpc) is 2.73. The van der Waals surface area contributed by atoms with Crippen LogP contribution in [0.3, 0.4) is 0 Å². The number of esters is 1. The SMILES string of the molecule is CCOC(=O)C1=C(CS(=O)(=O)c2cccc(Cl)c2)NC(=O)N[C@@H]1c1cccc(OC)c1. The van der Waals surface area contributed by atoms with Crippen molar-refractivity contribution in [2.24, 2.45) is 0 Å². The van der Waals surface area contributed by atoms with Crippen molar-refractivity contribution in [3.05, 3.63) is 70.4 Å². The summed E-state index contributed by atoms with van der Waals surface area (Å²) < 4.78 is 36.4. The lowest BCUT2D eigenvalue weighted by molar-refractivity contribution is -0.139. The Balaban J connectivity index is 2.11. The summed E-state index contributed by atoms with van der Waals surface area (Å²) >= 11 is 5.93. The zero-order valence-electron chi connectivity index (χ0n) is 16.8. The lowest BCUT2D eigenvalue weighted by atomic mass is 9.95. The number of sulfone groups is 1. The van der Waals surface area contributed by atoms with E-state index in [1.54, 1.807) is 37.3 Å². The van der Waals surface area contributed by atoms with Crippen molar-refractivity contribution in [1.29, 1.82) is 0 Å². The number of carbonyl (C=O) groups excluding carboxylic acids is 2. The highest BCUT2D eigenvalue weighted by Gasteiger charge is 2.36. The highest BCUT2D eigenvalue weighted by Crippen LogP contribution is 2.31. The molecular formula is C21H21ClN2O6S. The molecule has 1 heterocycles. The molecule has 0 radical (unpaired) electrons. The maximum absolute atomic E-state index is 13.0. The number of benzene rings is 2. The van der Waals surface area contributed by atoms with Crippen LogP contribution in [-0.4, -0.2) is 39.9 Å². The average molecular weight is 465 g/mol. The fourth-order valence-electron chi connectivity index (χ4n) is 3.19. The molecule has 0 aliphatic carbocycles. The second kappa shape index (κ2) is 9.40. The minimum Gasteiger partial charge on any atom is -0.497 e. The summed E-state index contributed by atoms with van der Waals surface area (Å²) in [5.41, 5.74) is 0.477. The number of hydrogen-bond acceptors (Lipinski definition) is 6. The van der Waals surface area contributed by atoms with Crippen LogP contribution in [0.15, 0.2) is 64.7 Å². The number of nitrogens with one attached hydrogen (secondary N) is 2. The molecule has 0 fully saturated rings. The summed E-state index contributed by atoms with van der Waals surface area (Å²) in [7, 11) is -2.43. The van der Waals surface area contributed by atoms with Gasteiger partial charge in [0.15, 0.2) is 9.84 Å². The number of urea groups is 1. The minimum absolute atomic E-state index is 0.000283. The molecule has 0 saturated carbocycles. The summed E-state index contributed by atoms with van der Waals surface area (Å²) in [6.07, 6.45) is 0. The Bertz CT molecular complexity index is 1150. The van der Waals surface area contributed by atoms with Crippen LogP contribution in [0.4, 0.5) is 4.79 Å². The first kappa shape index (κ1) is 22.6. The molecule has 1 aliphatic rings. The fourth-order valence-corrected chi connectivity index (χ4v) is 4.81. The number of ether oxygens (including phenoxy) is 2. The van der Waals surface area contributed by atoms with Crippen molar-refractivity contribution < 1.29 is 27.5 Å². The molecule has 0 unspecified atom stereocenters. The number of amides is 2. The van der Waals surface area contributed by atoms with Gasteiger partial charge in [0.05, 0.1) is 36.0 Å². The molecule has 0 spiro atoms. The van der Waals surface area contributed by atoms with Crippen LogP contribution in [0, 0.1) is 0 Å². The van der Waals surface area contributed by atoms with E-state index in [9.17, 15) is 18.0 Å². The molecule has 0 saturated heterocycles. The first-order valence-corrected chi connectivity index (χ1v) is 11.4. The van der Waals surface area contributed by atoms with Gasteiger partial charge in [-0.3, -0.25) is 0 Å². The zero-order chi connectivity index (χ0) is 22.6. The third kappa shape index (κ3) is 5.18. The second-order valence-electron chi connectivity index (χ2n) is 6.64. The highest BCUT2D eigenvalue weighted by molar-refractivity contribution is 7.91. The second-order valence-corrected chi connectivity index (χ2v) is 9.06. The van der Waals surface area contributed by atoms with Gasteiger partial charge in [0.2, 0.25) is 0 Å². The molecule has 0 aromatic heterocycles. The van der Waals surface area contributed by atoms with E-state index in [2.05, 4.69) is 10.6 Å². The Morgan fingerprint density at radius 2 is 1.90 bits per heavy atom. The van der Waals surface area contributed by atoms with E-state index in [-0.39, 0.29) is 27.8 Å². The van der Waals surface area contributed by atoms with Crippen molar-refractivity contribution in [1.82, 2.24) is 10.6 Å². The normalized spacial score (nSPS) is 16.4. The fraction of sp³-hybridized carbons (Fsp3) is 0.238. The smallest absolute Gasteiger partial charge is 0.338 e. The number of halogens is 1. The first-order valence-electron chi connectivity index (χ1n) is 9.35. The van der Waals surface area contributed by atoms with Gasteiger partial charge in [-0.2, -0.15) is 0 Å². The Morgan fingerprint density at radius 1 is 1.16 bits per heavy atom. The van der Waals surface area contributed by atoms with Gasteiger partial charge < -0.3 is 20.1 Å². The summed E-state index contributed by atoms with van der Waals surface area (Å²) in [4.78, 5) is 25.1. The van der Waals surface area contributed by atoms with E-state index in [1.165, 1.54) is 25.3 Å². The third-order valence-electron chi connectivity index (χ3n) is 4.57. The molecule has 164 valence electrons. The molecule has 0 bridgehead atoms. The van der Waals surface area contributed by atoms with E-state index in [4.69, 9.17) is 21.1 Å². The Hall–Kier alpha value is -3.04. The Kier molecular flexibility index (Phi) is 6.87. The largest absolute Gasteiger partial charge is 0.497 e. The lowest BCUT2D eigenvalue weighted by Gasteiger charge is -2.29. The van der Waals surface area contributed by atoms with Crippen LogP contribution in [-0.2, 0) is 19.4 Å². The van der Waals surface area contributed by atoms with E-state index < -0.39 is 33.6 Å². The zero-order valence-corrected chi connectivity index (χ0v) is 18.4. The van der Waals surface area contributed by atoms with Gasteiger partial charge in [0, 0.05) is 10.7 Å². The van der Waals surface area contributed by atoms with Gasteiger partial charge in [-0.05, 0) is 42.8 Å². The topological polar surface area (TPSA) is 111 Å². The number of carbonyl (C=O) groups is 2. The van der Waals surface area contributed by atoms with Gasteiger partial charge in [-0.15, -0.1) is 0 Å². The predicted octanol–water partition coefficient (Wildman–Crippen LogP) is 2.99. The van der Waals surface area contributed by atoms with Crippen LogP contribution < -0.4 is 15.4 Å². The molecule has 3 rings (SSSR count). The molecule has 8 nitrogen and oxygen atoms in total. The van der Waals surface area contributed by atoms with Crippen molar-refractivity contribution in [3.63, 3.8) is 0 Å². The minimum atomic E-state index is -3.92. The lowest BCUT2D eigenvalue weighted by Crippen LogP contribution is -2.47. The standard InChI is InChI=1S/C21H21ClN2O6S/c1-3-30-20(25)18-17(12-31(27,28)16-9-5-7-14(22)11-16)23-21(26)24-19(18)13-6-4-8-15(10-13)29-2/h4-11,19H,3,12H2,1-2H3,(H2,23,24,26)/t19-/m1/s1. The van der Waals surface area contributed by atoms with E-state index >= 15 is 0 Å². The van der Waals surface area contributed by atoms with Gasteiger partial charge >= 0.3 is 12.0 Å². The molecule has 10 heteroatoms. The van der Waals surface area contributed by atoms with Crippen LogP contribution in [0.5, 0.6) is 5.75 Å². The summed E-state index contributed by atoms with van der Waals surface area (Å²) in [5.74, 6) is -0.837. The Morgan fingerprint density at radius 3 is 2.58 bits per heavy atom. The molecule has 2 aromatic carbocycles. The van der Waals surface area contributed by atoms with Crippen molar-refractivity contribution in [2.75, 3.05) is 19.5 Å². The monoisotopic (exact) mass is 464 g/mol. The molecule has 2 aromatic rings. The van der Waals surface area contributed by atoms with Gasteiger partial charge in [0.1, 0.15) is 5.75 Å². The molecule has 1 aliphatic heterocycles. The van der Waals surface area contributed by atoms with E-state index in [0.29, 0.717) is 11.3 Å². The molecule has 2 N–H and O–H groups in total. The van der Waals surface area contributed by atoms with E-state index in [0.717, 1.165) is 0 Å². The highest BCUT2D eigenvalue weighted by atomic mass is 35.5. The van der Waals surface area contributed by atoms with Crippen LogP contribution in [0.25, 0.3) is 0 Å². The van der Waals surface area contributed by atoms with Gasteiger partial charge in [-0.25, -0.2) is 18.0 Å². The third-order valence-corrected chi connectivity index (χ3v) is 6.44. The molecule has 1 atom stereocenters. The summed E-state index contributed by atoms with van der Waals surface area (Å²) in [6.45, 7) is 1.71. The molecular weight excluding hydrogens is 444 g/mol. The van der Waals surface area contributed by atoms with Gasteiger partial charge in [-0.1, -0.05) is 29.8 Å². The summed E-state index contributed by atoms with van der Waals surface area (Å²) in [6, 6.07) is 11.0. The van der Waals surface area contributed by atoms with E-state index in [1.807, 2.05) is 0 Å². The maximum Gasteiger partial charge on any atom is 0.338 e. The number of rotatable bonds is 7. The Labute approximate surface area is 185 Å². The van der Waals surface area contributed by atoms with Crippen molar-refractivity contribution in [2.45, 2.75) is 17.9 Å². The van der Waals surface area contributed by atoms with Crippen molar-refractivity contribution in [3.8, 4) is 5.75 Å². The molecule has 31 heavy (non-hydrogen) atoms. The van der Waals surface area contributed by atoms with Crippen LogP contribution >= 0.6 is 11.6 Å². The first-order chi connectivity index (χ1) is 14.7. The van der Waals surface area contributed by atoms with Crippen molar-refractivity contribution >= 4 is 33.4 Å². The number of hydrogen-bond donors (Lipinski definition) is 2. The number of methoxy groups -OCH3 is 1. The van der Waals surface area contributed by atoms with Crippen LogP contribution in [0.1, 0.15) is 18.5 Å². The summed E-state index contributed by atoms with van der Waals surface area (Å²) in [5, 5.41) is 5.37. The molecule has 2 amide bonds. The van der Waals surface area contributed by atoms with Gasteiger partial charge in [0.25, 0.3) is 0 Å².